The second-order valence-electron chi connectivity index (χ2n) is 3.51. The minimum absolute atomic E-state index is 0.163. The lowest BCUT2D eigenvalue weighted by Gasteiger charge is -2.04. The standard InChI is InChI=1S/C13H11NO2S2/c1-17-11-7-8-13(12(9-11)14(15)16)18-10-5-3-2-4-6-10/h2-9H,1H3. The van der Waals surface area contributed by atoms with E-state index in [2.05, 4.69) is 0 Å². The Kier molecular flexibility index (Phi) is 4.28. The van der Waals surface area contributed by atoms with E-state index in [1.165, 1.54) is 23.5 Å². The number of nitrogens with zero attached hydrogens (tertiary/aromatic N) is 1. The third kappa shape index (κ3) is 3.05. The van der Waals surface area contributed by atoms with E-state index in [0.29, 0.717) is 4.90 Å². The second-order valence-corrected chi connectivity index (χ2v) is 5.50. The summed E-state index contributed by atoms with van der Waals surface area (Å²) in [5, 5.41) is 11.1. The maximum atomic E-state index is 11.1. The highest BCUT2D eigenvalue weighted by atomic mass is 32.2. The van der Waals surface area contributed by atoms with Gasteiger partial charge in [-0.15, -0.1) is 11.8 Å². The van der Waals surface area contributed by atoms with E-state index >= 15 is 0 Å². The van der Waals surface area contributed by atoms with Gasteiger partial charge in [0.15, 0.2) is 0 Å². The Morgan fingerprint density at radius 1 is 1.06 bits per heavy atom. The summed E-state index contributed by atoms with van der Waals surface area (Å²) in [4.78, 5) is 13.3. The molecule has 2 rings (SSSR count). The molecule has 0 fully saturated rings. The van der Waals surface area contributed by atoms with Crippen LogP contribution in [0.4, 0.5) is 5.69 Å². The fourth-order valence-corrected chi connectivity index (χ4v) is 2.82. The minimum Gasteiger partial charge on any atom is -0.258 e. The van der Waals surface area contributed by atoms with Crippen LogP contribution in [0.25, 0.3) is 0 Å². The van der Waals surface area contributed by atoms with Crippen molar-refractivity contribution in [3.63, 3.8) is 0 Å². The zero-order valence-electron chi connectivity index (χ0n) is 9.70. The van der Waals surface area contributed by atoms with Gasteiger partial charge in [-0.3, -0.25) is 10.1 Å². The van der Waals surface area contributed by atoms with E-state index in [0.717, 1.165) is 9.79 Å². The van der Waals surface area contributed by atoms with Gasteiger partial charge < -0.3 is 0 Å². The van der Waals surface area contributed by atoms with Crippen LogP contribution in [0.1, 0.15) is 0 Å². The predicted octanol–water partition coefficient (Wildman–Crippen LogP) is 4.47. The molecule has 0 amide bonds. The van der Waals surface area contributed by atoms with E-state index < -0.39 is 0 Å². The first kappa shape index (κ1) is 13.0. The highest BCUT2D eigenvalue weighted by Gasteiger charge is 2.15. The molecular formula is C13H11NO2S2. The van der Waals surface area contributed by atoms with Gasteiger partial charge in [0, 0.05) is 15.9 Å². The monoisotopic (exact) mass is 277 g/mol. The first-order valence-electron chi connectivity index (χ1n) is 5.26. The maximum absolute atomic E-state index is 11.1. The maximum Gasteiger partial charge on any atom is 0.284 e. The van der Waals surface area contributed by atoms with Crippen LogP contribution in [0, 0.1) is 10.1 Å². The predicted molar refractivity (Wildman–Crippen MR) is 75.4 cm³/mol. The molecule has 0 spiro atoms. The highest BCUT2D eigenvalue weighted by Crippen LogP contribution is 2.36. The van der Waals surface area contributed by atoms with Crippen LogP contribution in [-0.4, -0.2) is 11.2 Å². The van der Waals surface area contributed by atoms with E-state index in [9.17, 15) is 10.1 Å². The third-order valence-corrected chi connectivity index (χ3v) is 4.13. The molecule has 0 radical (unpaired) electrons. The fourth-order valence-electron chi connectivity index (χ4n) is 1.47. The van der Waals surface area contributed by atoms with Crippen molar-refractivity contribution in [1.29, 1.82) is 0 Å². The Labute approximate surface area is 114 Å². The van der Waals surface area contributed by atoms with Crippen LogP contribution < -0.4 is 0 Å². The fraction of sp³-hybridized carbons (Fsp3) is 0.0769. The Bertz CT molecular complexity index is 558. The molecule has 0 bridgehead atoms. The quantitative estimate of drug-likeness (QED) is 0.470. The summed E-state index contributed by atoms with van der Waals surface area (Å²) in [6.07, 6.45) is 1.91. The van der Waals surface area contributed by atoms with Gasteiger partial charge in [0.05, 0.1) is 9.82 Å². The largest absolute Gasteiger partial charge is 0.284 e. The molecule has 0 aliphatic rings. The third-order valence-electron chi connectivity index (χ3n) is 2.33. The molecule has 18 heavy (non-hydrogen) atoms. The molecule has 2 aromatic rings. The van der Waals surface area contributed by atoms with Crippen LogP contribution >= 0.6 is 23.5 Å². The zero-order chi connectivity index (χ0) is 13.0. The minimum atomic E-state index is -0.328. The second kappa shape index (κ2) is 5.93. The van der Waals surface area contributed by atoms with Crippen molar-refractivity contribution in [2.45, 2.75) is 14.7 Å². The lowest BCUT2D eigenvalue weighted by Crippen LogP contribution is -1.91. The van der Waals surface area contributed by atoms with Crippen molar-refractivity contribution >= 4 is 29.2 Å². The molecule has 0 aliphatic heterocycles. The van der Waals surface area contributed by atoms with Crippen molar-refractivity contribution < 1.29 is 4.92 Å². The Morgan fingerprint density at radius 2 is 1.78 bits per heavy atom. The van der Waals surface area contributed by atoms with E-state index in [1.807, 2.05) is 48.7 Å². The molecule has 0 saturated carbocycles. The smallest absolute Gasteiger partial charge is 0.258 e. The number of thioether (sulfide) groups is 1. The van der Waals surface area contributed by atoms with Crippen LogP contribution in [-0.2, 0) is 0 Å². The lowest BCUT2D eigenvalue weighted by molar-refractivity contribution is -0.387. The van der Waals surface area contributed by atoms with Gasteiger partial charge in [-0.1, -0.05) is 30.0 Å². The van der Waals surface area contributed by atoms with Gasteiger partial charge in [0.2, 0.25) is 0 Å². The summed E-state index contributed by atoms with van der Waals surface area (Å²) in [6, 6.07) is 15.0. The zero-order valence-corrected chi connectivity index (χ0v) is 11.3. The molecule has 0 unspecified atom stereocenters. The molecule has 5 heteroatoms. The highest BCUT2D eigenvalue weighted by molar-refractivity contribution is 7.99. The van der Waals surface area contributed by atoms with Gasteiger partial charge >= 0.3 is 0 Å². The van der Waals surface area contributed by atoms with Crippen molar-refractivity contribution in [2.75, 3.05) is 6.26 Å². The number of rotatable bonds is 4. The number of nitro benzene ring substituents is 1. The van der Waals surface area contributed by atoms with Crippen molar-refractivity contribution in [2.24, 2.45) is 0 Å². The summed E-state index contributed by atoms with van der Waals surface area (Å²) >= 11 is 2.91. The first-order valence-corrected chi connectivity index (χ1v) is 7.30. The molecule has 0 aromatic heterocycles. The molecule has 0 atom stereocenters. The van der Waals surface area contributed by atoms with E-state index in [4.69, 9.17) is 0 Å². The normalized spacial score (nSPS) is 10.3. The average molecular weight is 277 g/mol. The van der Waals surface area contributed by atoms with Crippen LogP contribution in [0.2, 0.25) is 0 Å². The van der Waals surface area contributed by atoms with Gasteiger partial charge in [-0.05, 0) is 30.5 Å². The van der Waals surface area contributed by atoms with Gasteiger partial charge in [0.25, 0.3) is 5.69 Å². The number of hydrogen-bond acceptors (Lipinski definition) is 4. The number of nitro groups is 1. The number of hydrogen-bond donors (Lipinski definition) is 0. The molecule has 3 nitrogen and oxygen atoms in total. The average Bonchev–Trinajstić information content (AvgIpc) is 2.40. The topological polar surface area (TPSA) is 43.1 Å². The van der Waals surface area contributed by atoms with Crippen molar-refractivity contribution in [1.82, 2.24) is 0 Å². The molecular weight excluding hydrogens is 266 g/mol. The molecule has 92 valence electrons. The van der Waals surface area contributed by atoms with E-state index in [-0.39, 0.29) is 10.6 Å². The molecule has 2 aromatic carbocycles. The van der Waals surface area contributed by atoms with Crippen LogP contribution in [0.15, 0.2) is 63.2 Å². The molecule has 0 heterocycles. The van der Waals surface area contributed by atoms with Crippen molar-refractivity contribution in [3.8, 4) is 0 Å². The molecule has 0 aliphatic carbocycles. The van der Waals surface area contributed by atoms with Crippen LogP contribution in [0.5, 0.6) is 0 Å². The van der Waals surface area contributed by atoms with E-state index in [1.54, 1.807) is 6.07 Å². The number of benzene rings is 2. The van der Waals surface area contributed by atoms with Crippen molar-refractivity contribution in [3.05, 3.63) is 58.6 Å². The van der Waals surface area contributed by atoms with Gasteiger partial charge in [0.1, 0.15) is 0 Å². The van der Waals surface area contributed by atoms with Gasteiger partial charge in [-0.25, -0.2) is 0 Å². The Hall–Kier alpha value is -1.46. The van der Waals surface area contributed by atoms with Crippen LogP contribution in [0.3, 0.4) is 0 Å². The SMILES string of the molecule is CSc1ccc(Sc2ccccc2)c([N+](=O)[O-])c1. The lowest BCUT2D eigenvalue weighted by atomic mass is 10.3. The summed E-state index contributed by atoms with van der Waals surface area (Å²) < 4.78 is 0. The summed E-state index contributed by atoms with van der Waals surface area (Å²) in [6.45, 7) is 0. The first-order chi connectivity index (χ1) is 8.70. The Morgan fingerprint density at radius 3 is 2.39 bits per heavy atom. The summed E-state index contributed by atoms with van der Waals surface area (Å²) in [5.74, 6) is 0. The summed E-state index contributed by atoms with van der Waals surface area (Å²) in [7, 11) is 0. The van der Waals surface area contributed by atoms with Gasteiger partial charge in [-0.2, -0.15) is 0 Å². The summed E-state index contributed by atoms with van der Waals surface area (Å²) in [5.41, 5.74) is 0.163. The molecule has 0 saturated heterocycles. The Balaban J connectivity index is 2.35. The molecule has 0 N–H and O–H groups in total.